The summed E-state index contributed by atoms with van der Waals surface area (Å²) >= 11 is 5.70. The van der Waals surface area contributed by atoms with Gasteiger partial charge in [-0.15, -0.1) is 0 Å². The molecule has 0 bridgehead atoms. The lowest BCUT2D eigenvalue weighted by Crippen LogP contribution is -3.28. The molecule has 1 aliphatic heterocycles. The molecule has 1 aliphatic carbocycles. The van der Waals surface area contributed by atoms with Crippen LogP contribution in [0.4, 0.5) is 0 Å². The van der Waals surface area contributed by atoms with Gasteiger partial charge in [-0.25, -0.2) is 0 Å². The Labute approximate surface area is 170 Å². The Balaban J connectivity index is 1.31. The standard InChI is InChI=1S/C20H28N6OS/c1-16-22-26(20(28)25(16)13-17-5-3-2-4-6-17)15-24-11-9-23(10-12-24)14-19(27)21-18-7-8-18/h2-6,18H,7-15H2,1H3,(H,21,27)/p+2. The van der Waals surface area contributed by atoms with Crippen molar-refractivity contribution in [3.8, 4) is 0 Å². The molecule has 28 heavy (non-hydrogen) atoms. The van der Waals surface area contributed by atoms with Crippen LogP contribution in [0.25, 0.3) is 0 Å². The summed E-state index contributed by atoms with van der Waals surface area (Å²) in [5.41, 5.74) is 1.23. The molecule has 7 nitrogen and oxygen atoms in total. The number of carbonyl (C=O) groups excluding carboxylic acids is 1. The van der Waals surface area contributed by atoms with Crippen LogP contribution in [0.2, 0.25) is 0 Å². The molecule has 0 unspecified atom stereocenters. The fourth-order valence-corrected chi connectivity index (χ4v) is 4.14. The van der Waals surface area contributed by atoms with E-state index < -0.39 is 0 Å². The van der Waals surface area contributed by atoms with Crippen molar-refractivity contribution in [2.75, 3.05) is 32.7 Å². The van der Waals surface area contributed by atoms with E-state index >= 15 is 0 Å². The van der Waals surface area contributed by atoms with E-state index in [4.69, 9.17) is 17.3 Å². The fourth-order valence-electron chi connectivity index (χ4n) is 3.84. The predicted octanol–water partition coefficient (Wildman–Crippen LogP) is -1.21. The van der Waals surface area contributed by atoms with Crippen LogP contribution >= 0.6 is 12.2 Å². The van der Waals surface area contributed by atoms with Gasteiger partial charge in [0.2, 0.25) is 4.77 Å². The highest BCUT2D eigenvalue weighted by Gasteiger charge is 2.28. The van der Waals surface area contributed by atoms with Gasteiger partial charge in [0.25, 0.3) is 5.91 Å². The Hall–Kier alpha value is -2.03. The van der Waals surface area contributed by atoms with E-state index in [2.05, 4.69) is 34.1 Å². The average Bonchev–Trinajstić information content (AvgIpc) is 3.46. The van der Waals surface area contributed by atoms with Crippen molar-refractivity contribution in [3.05, 3.63) is 46.5 Å². The summed E-state index contributed by atoms with van der Waals surface area (Å²) in [5.74, 6) is 1.16. The first kappa shape index (κ1) is 19.3. The minimum absolute atomic E-state index is 0.207. The van der Waals surface area contributed by atoms with Gasteiger partial charge in [0.05, 0.1) is 6.54 Å². The first-order chi connectivity index (χ1) is 13.6. The van der Waals surface area contributed by atoms with Crippen LogP contribution in [0.15, 0.2) is 30.3 Å². The Morgan fingerprint density at radius 1 is 1.18 bits per heavy atom. The van der Waals surface area contributed by atoms with E-state index in [9.17, 15) is 4.79 Å². The molecule has 3 N–H and O–H groups in total. The molecule has 1 aromatic carbocycles. The van der Waals surface area contributed by atoms with Gasteiger partial charge in [-0.3, -0.25) is 9.36 Å². The number of quaternary nitrogens is 2. The maximum Gasteiger partial charge on any atom is 0.275 e. The lowest BCUT2D eigenvalue weighted by atomic mass is 10.2. The number of aryl methyl sites for hydroxylation is 1. The zero-order valence-electron chi connectivity index (χ0n) is 16.5. The van der Waals surface area contributed by atoms with Gasteiger partial charge in [-0.1, -0.05) is 30.3 Å². The van der Waals surface area contributed by atoms with Gasteiger partial charge in [0, 0.05) is 6.04 Å². The van der Waals surface area contributed by atoms with Crippen molar-refractivity contribution in [1.82, 2.24) is 19.7 Å². The van der Waals surface area contributed by atoms with Crippen LogP contribution in [0.1, 0.15) is 24.2 Å². The summed E-state index contributed by atoms with van der Waals surface area (Å²) < 4.78 is 4.86. The number of carbonyl (C=O) groups is 1. The molecule has 4 rings (SSSR count). The van der Waals surface area contributed by atoms with Crippen molar-refractivity contribution >= 4 is 18.1 Å². The van der Waals surface area contributed by atoms with Crippen molar-refractivity contribution in [2.45, 2.75) is 39.0 Å². The van der Waals surface area contributed by atoms with Crippen LogP contribution in [0.5, 0.6) is 0 Å². The fraction of sp³-hybridized carbons (Fsp3) is 0.550. The minimum Gasteiger partial charge on any atom is -0.348 e. The highest BCUT2D eigenvalue weighted by atomic mass is 32.1. The largest absolute Gasteiger partial charge is 0.348 e. The molecule has 2 aromatic rings. The SMILES string of the molecule is Cc1nn(C[NH+]2CC[NH+](CC(=O)NC3CC3)CC2)c(=S)n1Cc1ccccc1. The van der Waals surface area contributed by atoms with E-state index in [-0.39, 0.29) is 5.91 Å². The van der Waals surface area contributed by atoms with Gasteiger partial charge < -0.3 is 15.1 Å². The maximum atomic E-state index is 12.0. The minimum atomic E-state index is 0.207. The van der Waals surface area contributed by atoms with Crippen molar-refractivity contribution in [1.29, 1.82) is 0 Å². The lowest BCUT2D eigenvalue weighted by molar-refractivity contribution is -1.02. The molecule has 1 amide bonds. The molecule has 0 atom stereocenters. The van der Waals surface area contributed by atoms with E-state index in [1.807, 2.05) is 17.7 Å². The van der Waals surface area contributed by atoms with Crippen LogP contribution in [-0.4, -0.2) is 59.0 Å². The quantitative estimate of drug-likeness (QED) is 0.510. The van der Waals surface area contributed by atoms with E-state index in [1.165, 1.54) is 15.4 Å². The average molecular weight is 403 g/mol. The summed E-state index contributed by atoms with van der Waals surface area (Å²) in [6.07, 6.45) is 2.30. The molecule has 8 heteroatoms. The number of aromatic nitrogens is 3. The third kappa shape index (κ3) is 4.87. The van der Waals surface area contributed by atoms with Gasteiger partial charge in [0.15, 0.2) is 13.2 Å². The molecule has 1 aromatic heterocycles. The zero-order valence-corrected chi connectivity index (χ0v) is 17.3. The van der Waals surface area contributed by atoms with Gasteiger partial charge in [-0.2, -0.15) is 9.78 Å². The lowest BCUT2D eigenvalue weighted by Gasteiger charge is -2.29. The number of piperazine rings is 1. The summed E-state index contributed by atoms with van der Waals surface area (Å²) in [6, 6.07) is 10.8. The van der Waals surface area contributed by atoms with Crippen LogP contribution in [-0.2, 0) is 18.0 Å². The van der Waals surface area contributed by atoms with Gasteiger partial charge in [0.1, 0.15) is 32.0 Å². The first-order valence-corrected chi connectivity index (χ1v) is 10.6. The molecular weight excluding hydrogens is 372 g/mol. The van der Waals surface area contributed by atoms with Crippen molar-refractivity contribution in [3.63, 3.8) is 0 Å². The molecule has 2 aliphatic rings. The van der Waals surface area contributed by atoms with E-state index in [0.717, 1.165) is 62.8 Å². The molecule has 0 spiro atoms. The van der Waals surface area contributed by atoms with Crippen molar-refractivity contribution < 1.29 is 14.6 Å². The molecule has 150 valence electrons. The third-order valence-corrected chi connectivity index (χ3v) is 6.11. The second-order valence-electron chi connectivity index (χ2n) is 8.08. The number of amides is 1. The second-order valence-corrected chi connectivity index (χ2v) is 8.44. The smallest absolute Gasteiger partial charge is 0.275 e. The maximum absolute atomic E-state index is 12.0. The van der Waals surface area contributed by atoms with Crippen LogP contribution < -0.4 is 15.1 Å². The molecular formula is C20H30N6OS+2. The van der Waals surface area contributed by atoms with Crippen LogP contribution in [0.3, 0.4) is 0 Å². The summed E-state index contributed by atoms with van der Waals surface area (Å²) in [5, 5.41) is 7.78. The predicted molar refractivity (Wildman–Crippen MR) is 109 cm³/mol. The van der Waals surface area contributed by atoms with Gasteiger partial charge in [-0.05, 0) is 37.5 Å². The topological polar surface area (TPSA) is 60.7 Å². The number of hydrogen-bond acceptors (Lipinski definition) is 3. The summed E-state index contributed by atoms with van der Waals surface area (Å²) in [4.78, 5) is 14.9. The van der Waals surface area contributed by atoms with Crippen molar-refractivity contribution in [2.24, 2.45) is 0 Å². The van der Waals surface area contributed by atoms with Crippen LogP contribution in [0, 0.1) is 11.7 Å². The van der Waals surface area contributed by atoms with Gasteiger partial charge >= 0.3 is 0 Å². The molecule has 2 heterocycles. The summed E-state index contributed by atoms with van der Waals surface area (Å²) in [7, 11) is 0. The Kier molecular flexibility index (Phi) is 5.89. The highest BCUT2D eigenvalue weighted by Crippen LogP contribution is 2.17. The Morgan fingerprint density at radius 3 is 2.54 bits per heavy atom. The Bertz CT molecular complexity index is 865. The number of rotatable bonds is 7. The summed E-state index contributed by atoms with van der Waals surface area (Å²) in [6.45, 7) is 8.29. The van der Waals surface area contributed by atoms with E-state index in [1.54, 1.807) is 0 Å². The number of nitrogens with zero attached hydrogens (tertiary/aromatic N) is 3. The highest BCUT2D eigenvalue weighted by molar-refractivity contribution is 7.71. The number of nitrogens with one attached hydrogen (secondary N) is 3. The second kappa shape index (κ2) is 8.55. The molecule has 1 saturated carbocycles. The normalized spacial score (nSPS) is 22.2. The third-order valence-electron chi connectivity index (χ3n) is 5.68. The number of hydrogen-bond donors (Lipinski definition) is 3. The monoisotopic (exact) mass is 402 g/mol. The van der Waals surface area contributed by atoms with E-state index in [0.29, 0.717) is 12.6 Å². The number of benzene rings is 1. The molecule has 1 saturated heterocycles. The Morgan fingerprint density at radius 2 is 1.86 bits per heavy atom. The zero-order chi connectivity index (χ0) is 19.5. The molecule has 2 fully saturated rings. The first-order valence-electron chi connectivity index (χ1n) is 10.2. The molecule has 0 radical (unpaired) electrons.